The molecule has 0 aromatic carbocycles. The second-order valence-corrected chi connectivity index (χ2v) is 5.10. The first-order chi connectivity index (χ1) is 8.65. The first-order valence-electron chi connectivity index (χ1n) is 6.74. The zero-order valence-corrected chi connectivity index (χ0v) is 11.8. The SMILES string of the molecule is COCCOCCCN1CNC(CC(C)C)C1=O. The summed E-state index contributed by atoms with van der Waals surface area (Å²) in [4.78, 5) is 13.9. The molecule has 0 aromatic heterocycles. The van der Waals surface area contributed by atoms with Crippen LogP contribution in [-0.2, 0) is 14.3 Å². The fourth-order valence-corrected chi connectivity index (χ4v) is 2.05. The lowest BCUT2D eigenvalue weighted by Gasteiger charge is -2.16. The molecule has 1 rings (SSSR count). The molecule has 106 valence electrons. The van der Waals surface area contributed by atoms with E-state index in [-0.39, 0.29) is 11.9 Å². The number of rotatable bonds is 9. The first-order valence-corrected chi connectivity index (χ1v) is 6.74. The highest BCUT2D eigenvalue weighted by Crippen LogP contribution is 2.12. The average molecular weight is 258 g/mol. The van der Waals surface area contributed by atoms with E-state index in [9.17, 15) is 4.79 Å². The molecule has 1 fully saturated rings. The van der Waals surface area contributed by atoms with Crippen molar-refractivity contribution in [2.45, 2.75) is 32.7 Å². The van der Waals surface area contributed by atoms with Crippen LogP contribution in [0.2, 0.25) is 0 Å². The third-order valence-corrected chi connectivity index (χ3v) is 2.99. The van der Waals surface area contributed by atoms with Gasteiger partial charge in [-0.1, -0.05) is 13.8 Å². The summed E-state index contributed by atoms with van der Waals surface area (Å²) in [6.07, 6.45) is 1.80. The van der Waals surface area contributed by atoms with Crippen molar-refractivity contribution in [1.29, 1.82) is 0 Å². The Morgan fingerprint density at radius 2 is 2.17 bits per heavy atom. The van der Waals surface area contributed by atoms with E-state index in [0.29, 0.717) is 32.4 Å². The van der Waals surface area contributed by atoms with Gasteiger partial charge in [0, 0.05) is 20.3 Å². The van der Waals surface area contributed by atoms with Gasteiger partial charge in [-0.3, -0.25) is 10.1 Å². The number of carbonyl (C=O) groups excluding carboxylic acids is 1. The number of amides is 1. The molecule has 5 nitrogen and oxygen atoms in total. The summed E-state index contributed by atoms with van der Waals surface area (Å²) in [5, 5.41) is 3.26. The zero-order valence-electron chi connectivity index (χ0n) is 11.8. The monoisotopic (exact) mass is 258 g/mol. The van der Waals surface area contributed by atoms with Crippen LogP contribution in [-0.4, -0.2) is 57.0 Å². The highest BCUT2D eigenvalue weighted by molar-refractivity contribution is 5.83. The summed E-state index contributed by atoms with van der Waals surface area (Å²) in [6, 6.07) is 0.0133. The highest BCUT2D eigenvalue weighted by Gasteiger charge is 2.30. The largest absolute Gasteiger partial charge is 0.382 e. The van der Waals surface area contributed by atoms with Crippen molar-refractivity contribution in [2.24, 2.45) is 5.92 Å². The van der Waals surface area contributed by atoms with Crippen LogP contribution in [0.1, 0.15) is 26.7 Å². The summed E-state index contributed by atoms with van der Waals surface area (Å²) >= 11 is 0. The molecule has 1 unspecified atom stereocenters. The summed E-state index contributed by atoms with van der Waals surface area (Å²) in [5.74, 6) is 0.782. The first kappa shape index (κ1) is 15.4. The molecule has 1 aliphatic rings. The minimum absolute atomic E-state index is 0.0133. The van der Waals surface area contributed by atoms with E-state index < -0.39 is 0 Å². The molecule has 0 spiro atoms. The van der Waals surface area contributed by atoms with Crippen molar-refractivity contribution in [1.82, 2.24) is 10.2 Å². The number of hydrogen-bond acceptors (Lipinski definition) is 4. The normalized spacial score (nSPS) is 20.1. The van der Waals surface area contributed by atoms with Crippen LogP contribution in [0.4, 0.5) is 0 Å². The van der Waals surface area contributed by atoms with Gasteiger partial charge in [0.15, 0.2) is 0 Å². The lowest BCUT2D eigenvalue weighted by atomic mass is 10.0. The van der Waals surface area contributed by atoms with Crippen LogP contribution < -0.4 is 5.32 Å². The minimum Gasteiger partial charge on any atom is -0.382 e. The minimum atomic E-state index is 0.0133. The van der Waals surface area contributed by atoms with E-state index in [1.165, 1.54) is 0 Å². The van der Waals surface area contributed by atoms with E-state index in [1.807, 2.05) is 4.90 Å². The van der Waals surface area contributed by atoms with Gasteiger partial charge >= 0.3 is 0 Å². The van der Waals surface area contributed by atoms with Gasteiger partial charge < -0.3 is 14.4 Å². The number of carbonyl (C=O) groups is 1. The van der Waals surface area contributed by atoms with Gasteiger partial charge in [-0.05, 0) is 18.8 Å². The maximum absolute atomic E-state index is 12.0. The summed E-state index contributed by atoms with van der Waals surface area (Å²) in [7, 11) is 1.66. The fourth-order valence-electron chi connectivity index (χ4n) is 2.05. The van der Waals surface area contributed by atoms with Gasteiger partial charge in [0.2, 0.25) is 5.91 Å². The Hall–Kier alpha value is -0.650. The van der Waals surface area contributed by atoms with Crippen molar-refractivity contribution >= 4 is 5.91 Å². The number of hydrogen-bond donors (Lipinski definition) is 1. The van der Waals surface area contributed by atoms with Crippen molar-refractivity contribution in [2.75, 3.05) is 40.1 Å². The van der Waals surface area contributed by atoms with Gasteiger partial charge in [0.1, 0.15) is 0 Å². The molecular weight excluding hydrogens is 232 g/mol. The molecular formula is C13H26N2O3. The maximum atomic E-state index is 12.0. The van der Waals surface area contributed by atoms with Gasteiger partial charge in [-0.15, -0.1) is 0 Å². The van der Waals surface area contributed by atoms with Crippen LogP contribution in [0.25, 0.3) is 0 Å². The molecule has 1 heterocycles. The number of nitrogens with zero attached hydrogens (tertiary/aromatic N) is 1. The lowest BCUT2D eigenvalue weighted by molar-refractivity contribution is -0.129. The Kier molecular flexibility index (Phi) is 7.23. The summed E-state index contributed by atoms with van der Waals surface area (Å²) in [5.41, 5.74) is 0. The van der Waals surface area contributed by atoms with E-state index in [2.05, 4.69) is 19.2 Å². The second kappa shape index (κ2) is 8.45. The lowest BCUT2D eigenvalue weighted by Crippen LogP contribution is -2.32. The topological polar surface area (TPSA) is 50.8 Å². The summed E-state index contributed by atoms with van der Waals surface area (Å²) < 4.78 is 10.3. The quantitative estimate of drug-likeness (QED) is 0.623. The van der Waals surface area contributed by atoms with Gasteiger partial charge in [-0.2, -0.15) is 0 Å². The second-order valence-electron chi connectivity index (χ2n) is 5.10. The average Bonchev–Trinajstić information content (AvgIpc) is 2.65. The highest BCUT2D eigenvalue weighted by atomic mass is 16.5. The Morgan fingerprint density at radius 1 is 1.39 bits per heavy atom. The Bertz CT molecular complexity index is 246. The van der Waals surface area contributed by atoms with Crippen LogP contribution in [0, 0.1) is 5.92 Å². The molecule has 1 amide bonds. The third kappa shape index (κ3) is 5.33. The van der Waals surface area contributed by atoms with Crippen LogP contribution in [0.3, 0.4) is 0 Å². The van der Waals surface area contributed by atoms with Crippen LogP contribution >= 0.6 is 0 Å². The van der Waals surface area contributed by atoms with Crippen molar-refractivity contribution in [3.05, 3.63) is 0 Å². The van der Waals surface area contributed by atoms with E-state index in [1.54, 1.807) is 7.11 Å². The smallest absolute Gasteiger partial charge is 0.240 e. The number of ether oxygens (including phenoxy) is 2. The molecule has 1 saturated heterocycles. The van der Waals surface area contributed by atoms with Gasteiger partial charge in [0.25, 0.3) is 0 Å². The van der Waals surface area contributed by atoms with Crippen LogP contribution in [0.5, 0.6) is 0 Å². The molecule has 1 N–H and O–H groups in total. The molecule has 1 aliphatic heterocycles. The molecule has 0 aliphatic carbocycles. The van der Waals surface area contributed by atoms with Gasteiger partial charge in [-0.25, -0.2) is 0 Å². The molecule has 0 saturated carbocycles. The zero-order chi connectivity index (χ0) is 13.4. The maximum Gasteiger partial charge on any atom is 0.240 e. The Labute approximate surface area is 110 Å². The Balaban J connectivity index is 2.11. The predicted octanol–water partition coefficient (Wildman–Crippen LogP) is 0.844. The molecule has 0 bridgehead atoms. The third-order valence-electron chi connectivity index (χ3n) is 2.99. The van der Waals surface area contributed by atoms with Gasteiger partial charge in [0.05, 0.1) is 25.9 Å². The number of methoxy groups -OCH3 is 1. The molecule has 5 heteroatoms. The van der Waals surface area contributed by atoms with Crippen molar-refractivity contribution < 1.29 is 14.3 Å². The van der Waals surface area contributed by atoms with E-state index in [0.717, 1.165) is 19.4 Å². The van der Waals surface area contributed by atoms with Crippen molar-refractivity contribution in [3.63, 3.8) is 0 Å². The predicted molar refractivity (Wildman–Crippen MR) is 70.3 cm³/mol. The van der Waals surface area contributed by atoms with Crippen molar-refractivity contribution in [3.8, 4) is 0 Å². The van der Waals surface area contributed by atoms with E-state index in [4.69, 9.17) is 9.47 Å². The van der Waals surface area contributed by atoms with Crippen LogP contribution in [0.15, 0.2) is 0 Å². The Morgan fingerprint density at radius 3 is 2.83 bits per heavy atom. The molecule has 18 heavy (non-hydrogen) atoms. The molecule has 1 atom stereocenters. The summed E-state index contributed by atoms with van der Waals surface area (Å²) in [6.45, 7) is 7.66. The molecule has 0 aromatic rings. The number of nitrogens with one attached hydrogen (secondary N) is 1. The molecule has 0 radical (unpaired) electrons. The van der Waals surface area contributed by atoms with E-state index >= 15 is 0 Å². The fraction of sp³-hybridized carbons (Fsp3) is 0.923. The standard InChI is InChI=1S/C13H26N2O3/c1-11(2)9-12-13(16)15(10-14-12)5-4-6-18-8-7-17-3/h11-12,14H,4-10H2,1-3H3.